The minimum absolute atomic E-state index is 0.0513. The number of benzene rings is 1. The second-order valence-corrected chi connectivity index (χ2v) is 5.19. The fourth-order valence-corrected chi connectivity index (χ4v) is 2.05. The molecule has 2 heterocycles. The molecule has 0 aliphatic rings. The first-order valence-electron chi connectivity index (χ1n) is 7.46. The van der Waals surface area contributed by atoms with Crippen LogP contribution >= 0.6 is 0 Å². The van der Waals surface area contributed by atoms with E-state index in [0.717, 1.165) is 17.7 Å². The van der Waals surface area contributed by atoms with Gasteiger partial charge in [0.15, 0.2) is 29.0 Å². The number of aromatic nitrogens is 3. The number of anilines is 2. The summed E-state index contributed by atoms with van der Waals surface area (Å²) < 4.78 is 39.7. The van der Waals surface area contributed by atoms with Crippen molar-refractivity contribution in [2.45, 2.75) is 6.54 Å². The molecule has 0 spiro atoms. The Morgan fingerprint density at radius 2 is 1.69 bits per heavy atom. The summed E-state index contributed by atoms with van der Waals surface area (Å²) in [5, 5.41) is 12.6. The Kier molecular flexibility index (Phi) is 5.07. The summed E-state index contributed by atoms with van der Waals surface area (Å²) in [4.78, 5) is 15.9. The SMILES string of the molecule is O=C(NCc1ccncc1)c1ccc(Nc2ccc(F)c(F)c2F)nn1. The van der Waals surface area contributed by atoms with E-state index in [-0.39, 0.29) is 17.2 Å². The molecule has 0 radical (unpaired) electrons. The van der Waals surface area contributed by atoms with Crippen LogP contribution in [-0.4, -0.2) is 21.1 Å². The maximum absolute atomic E-state index is 13.6. The second kappa shape index (κ2) is 7.60. The Bertz CT molecular complexity index is 920. The lowest BCUT2D eigenvalue weighted by Gasteiger charge is -2.08. The van der Waals surface area contributed by atoms with Crippen LogP contribution in [0.1, 0.15) is 16.1 Å². The van der Waals surface area contributed by atoms with Crippen molar-refractivity contribution < 1.29 is 18.0 Å². The number of rotatable bonds is 5. The van der Waals surface area contributed by atoms with Gasteiger partial charge in [0.2, 0.25) is 0 Å². The van der Waals surface area contributed by atoms with Crippen LogP contribution in [0.3, 0.4) is 0 Å². The molecule has 0 fully saturated rings. The summed E-state index contributed by atoms with van der Waals surface area (Å²) in [7, 11) is 0. The summed E-state index contributed by atoms with van der Waals surface area (Å²) in [6.07, 6.45) is 3.22. The number of pyridine rings is 1. The predicted octanol–water partition coefficient (Wildman–Crippen LogP) is 2.96. The fraction of sp³-hybridized carbons (Fsp3) is 0.0588. The molecule has 26 heavy (non-hydrogen) atoms. The first-order valence-corrected chi connectivity index (χ1v) is 7.46. The highest BCUT2D eigenvalue weighted by Crippen LogP contribution is 2.22. The summed E-state index contributed by atoms with van der Waals surface area (Å²) in [5.41, 5.74) is 0.622. The zero-order chi connectivity index (χ0) is 18.5. The molecule has 2 N–H and O–H groups in total. The van der Waals surface area contributed by atoms with Crippen molar-refractivity contribution in [3.05, 3.63) is 77.5 Å². The fourth-order valence-electron chi connectivity index (χ4n) is 2.05. The molecule has 0 bridgehead atoms. The number of amides is 1. The molecule has 2 aromatic heterocycles. The quantitative estimate of drug-likeness (QED) is 0.685. The molecule has 0 aliphatic heterocycles. The zero-order valence-electron chi connectivity index (χ0n) is 13.2. The highest BCUT2D eigenvalue weighted by atomic mass is 19.2. The second-order valence-electron chi connectivity index (χ2n) is 5.19. The molecule has 1 aromatic carbocycles. The van der Waals surface area contributed by atoms with E-state index in [1.165, 1.54) is 12.1 Å². The van der Waals surface area contributed by atoms with Gasteiger partial charge >= 0.3 is 0 Å². The molecular formula is C17H12F3N5O. The number of carbonyl (C=O) groups is 1. The molecule has 9 heteroatoms. The molecule has 0 saturated heterocycles. The monoisotopic (exact) mass is 359 g/mol. The van der Waals surface area contributed by atoms with Gasteiger partial charge in [-0.3, -0.25) is 9.78 Å². The molecular weight excluding hydrogens is 347 g/mol. The smallest absolute Gasteiger partial charge is 0.272 e. The van der Waals surface area contributed by atoms with E-state index in [1.54, 1.807) is 24.5 Å². The number of nitrogens with zero attached hydrogens (tertiary/aromatic N) is 3. The van der Waals surface area contributed by atoms with Gasteiger partial charge in [-0.1, -0.05) is 0 Å². The molecule has 0 atom stereocenters. The number of hydrogen-bond acceptors (Lipinski definition) is 5. The van der Waals surface area contributed by atoms with Gasteiger partial charge in [-0.15, -0.1) is 10.2 Å². The number of halogens is 3. The molecule has 6 nitrogen and oxygen atoms in total. The van der Waals surface area contributed by atoms with Gasteiger partial charge in [0.1, 0.15) is 0 Å². The Hall–Kier alpha value is -3.49. The van der Waals surface area contributed by atoms with Gasteiger partial charge in [-0.25, -0.2) is 13.2 Å². The van der Waals surface area contributed by atoms with Gasteiger partial charge in [-0.05, 0) is 42.0 Å². The third-order valence-corrected chi connectivity index (χ3v) is 3.40. The first-order chi connectivity index (χ1) is 12.5. The molecule has 0 saturated carbocycles. The van der Waals surface area contributed by atoms with Crippen LogP contribution in [0.5, 0.6) is 0 Å². The van der Waals surface area contributed by atoms with Gasteiger partial charge in [-0.2, -0.15) is 0 Å². The lowest BCUT2D eigenvalue weighted by atomic mass is 10.2. The van der Waals surface area contributed by atoms with Gasteiger partial charge in [0, 0.05) is 18.9 Å². The van der Waals surface area contributed by atoms with Crippen LogP contribution in [0.15, 0.2) is 48.8 Å². The Balaban J connectivity index is 1.65. The van der Waals surface area contributed by atoms with Crippen molar-refractivity contribution >= 4 is 17.4 Å². The van der Waals surface area contributed by atoms with Crippen LogP contribution in [0.25, 0.3) is 0 Å². The maximum atomic E-state index is 13.6. The Morgan fingerprint density at radius 1 is 0.923 bits per heavy atom. The average Bonchev–Trinajstić information content (AvgIpc) is 2.68. The standard InChI is InChI=1S/C17H12F3N5O/c18-11-1-2-12(16(20)15(11)19)23-14-4-3-13(24-25-14)17(26)22-9-10-5-7-21-8-6-10/h1-8H,9H2,(H,22,26)(H,23,25). The van der Waals surface area contributed by atoms with Crippen molar-refractivity contribution in [1.29, 1.82) is 0 Å². The highest BCUT2D eigenvalue weighted by Gasteiger charge is 2.14. The maximum Gasteiger partial charge on any atom is 0.272 e. The van der Waals surface area contributed by atoms with Gasteiger partial charge in [0.25, 0.3) is 5.91 Å². The minimum atomic E-state index is -1.59. The molecule has 1 amide bonds. The normalized spacial score (nSPS) is 10.4. The lowest BCUT2D eigenvalue weighted by Crippen LogP contribution is -2.24. The molecule has 132 valence electrons. The minimum Gasteiger partial charge on any atom is -0.347 e. The van der Waals surface area contributed by atoms with Crippen LogP contribution in [0, 0.1) is 17.5 Å². The zero-order valence-corrected chi connectivity index (χ0v) is 13.2. The van der Waals surface area contributed by atoms with Crippen LogP contribution in [0.4, 0.5) is 24.7 Å². The number of nitrogens with one attached hydrogen (secondary N) is 2. The van der Waals surface area contributed by atoms with Crippen molar-refractivity contribution in [2.75, 3.05) is 5.32 Å². The Morgan fingerprint density at radius 3 is 2.38 bits per heavy atom. The van der Waals surface area contributed by atoms with Crippen LogP contribution < -0.4 is 10.6 Å². The summed E-state index contributed by atoms with van der Waals surface area (Å²) in [6.45, 7) is 0.295. The van der Waals surface area contributed by atoms with E-state index >= 15 is 0 Å². The van der Waals surface area contributed by atoms with Gasteiger partial charge in [0.05, 0.1) is 5.69 Å². The Labute approximate surface area is 146 Å². The van der Waals surface area contributed by atoms with E-state index < -0.39 is 23.4 Å². The third-order valence-electron chi connectivity index (χ3n) is 3.40. The lowest BCUT2D eigenvalue weighted by molar-refractivity contribution is 0.0945. The van der Waals surface area contributed by atoms with Crippen molar-refractivity contribution in [3.63, 3.8) is 0 Å². The van der Waals surface area contributed by atoms with E-state index in [9.17, 15) is 18.0 Å². The van der Waals surface area contributed by atoms with E-state index in [0.29, 0.717) is 6.54 Å². The van der Waals surface area contributed by atoms with E-state index in [4.69, 9.17) is 0 Å². The number of carbonyl (C=O) groups excluding carboxylic acids is 1. The van der Waals surface area contributed by atoms with Gasteiger partial charge < -0.3 is 10.6 Å². The third kappa shape index (κ3) is 3.94. The molecule has 0 unspecified atom stereocenters. The van der Waals surface area contributed by atoms with Crippen molar-refractivity contribution in [2.24, 2.45) is 0 Å². The molecule has 3 aromatic rings. The van der Waals surface area contributed by atoms with Crippen molar-refractivity contribution in [3.8, 4) is 0 Å². The average molecular weight is 359 g/mol. The largest absolute Gasteiger partial charge is 0.347 e. The topological polar surface area (TPSA) is 79.8 Å². The van der Waals surface area contributed by atoms with E-state index in [1.807, 2.05) is 0 Å². The molecule has 3 rings (SSSR count). The van der Waals surface area contributed by atoms with Crippen LogP contribution in [-0.2, 0) is 6.54 Å². The predicted molar refractivity (Wildman–Crippen MR) is 87.0 cm³/mol. The summed E-state index contributed by atoms with van der Waals surface area (Å²) in [6, 6.07) is 8.08. The van der Waals surface area contributed by atoms with E-state index in [2.05, 4.69) is 25.8 Å². The summed E-state index contributed by atoms with van der Waals surface area (Å²) in [5.74, 6) is -4.62. The summed E-state index contributed by atoms with van der Waals surface area (Å²) >= 11 is 0. The van der Waals surface area contributed by atoms with Crippen molar-refractivity contribution in [1.82, 2.24) is 20.5 Å². The van der Waals surface area contributed by atoms with Crippen LogP contribution in [0.2, 0.25) is 0 Å². The number of hydrogen-bond donors (Lipinski definition) is 2. The first kappa shape index (κ1) is 17.3. The highest BCUT2D eigenvalue weighted by molar-refractivity contribution is 5.92. The molecule has 0 aliphatic carbocycles.